The second-order valence-corrected chi connectivity index (χ2v) is 4.21. The lowest BCUT2D eigenvalue weighted by Gasteiger charge is -2.07. The minimum atomic E-state index is -3.00. The first-order chi connectivity index (χ1) is 8.38. The number of carbonyl (C=O) groups is 1. The normalized spacial score (nSPS) is 10.5. The van der Waals surface area contributed by atoms with Crippen LogP contribution in [0, 0.1) is 13.7 Å². The lowest BCUT2D eigenvalue weighted by atomic mass is 10.2. The fourth-order valence-electron chi connectivity index (χ4n) is 1.21. The lowest BCUT2D eigenvalue weighted by Crippen LogP contribution is -2.10. The van der Waals surface area contributed by atoms with Gasteiger partial charge in [-0.05, 0) is 22.6 Å². The average molecular weight is 372 g/mol. The van der Waals surface area contributed by atoms with Gasteiger partial charge in [0.2, 0.25) is 0 Å². The van der Waals surface area contributed by atoms with E-state index >= 15 is 0 Å². The molecule has 0 aliphatic heterocycles. The molecule has 1 rings (SSSR count). The summed E-state index contributed by atoms with van der Waals surface area (Å²) >= 11 is 1.52. The number of rotatable bonds is 4. The molecule has 0 aliphatic carbocycles. The van der Waals surface area contributed by atoms with Crippen LogP contribution in [0.2, 0.25) is 0 Å². The molecule has 0 atom stereocenters. The fraction of sp³-hybridized carbons (Fsp3) is 0.333. The molecule has 98 valence electrons. The van der Waals surface area contributed by atoms with E-state index in [1.807, 2.05) is 0 Å². The number of aromatic nitrogens is 1. The summed E-state index contributed by atoms with van der Waals surface area (Å²) in [6, 6.07) is 0. The lowest BCUT2D eigenvalue weighted by molar-refractivity contribution is -0.387. The Morgan fingerprint density at radius 3 is 2.72 bits per heavy atom. The second kappa shape index (κ2) is 5.98. The van der Waals surface area contributed by atoms with Crippen molar-refractivity contribution in [2.45, 2.75) is 12.8 Å². The average Bonchev–Trinajstić information content (AvgIpc) is 2.30. The standard InChI is InChI=1S/C9H7F2IN2O4/c1-18-6(15)2-5-7(12)8(14(16)17)4(3-13-5)9(10)11/h3,9H,2H2,1H3. The Kier molecular flexibility index (Phi) is 4.87. The summed E-state index contributed by atoms with van der Waals surface area (Å²) in [5.74, 6) is -0.653. The molecule has 6 nitrogen and oxygen atoms in total. The number of carbonyl (C=O) groups excluding carboxylic acids is 1. The number of nitro groups is 1. The summed E-state index contributed by atoms with van der Waals surface area (Å²) in [6.07, 6.45) is -2.60. The van der Waals surface area contributed by atoms with E-state index in [4.69, 9.17) is 0 Å². The fourth-order valence-corrected chi connectivity index (χ4v) is 2.04. The highest BCUT2D eigenvalue weighted by molar-refractivity contribution is 14.1. The summed E-state index contributed by atoms with van der Waals surface area (Å²) < 4.78 is 29.5. The van der Waals surface area contributed by atoms with E-state index < -0.39 is 28.6 Å². The number of alkyl halides is 2. The zero-order chi connectivity index (χ0) is 13.9. The zero-order valence-electron chi connectivity index (χ0n) is 9.02. The molecule has 0 saturated carbocycles. The number of halogens is 3. The Morgan fingerprint density at radius 2 is 2.28 bits per heavy atom. The molecule has 0 fully saturated rings. The third-order valence-corrected chi connectivity index (χ3v) is 3.18. The minimum Gasteiger partial charge on any atom is -0.469 e. The first-order valence-electron chi connectivity index (χ1n) is 4.55. The molecule has 0 N–H and O–H groups in total. The van der Waals surface area contributed by atoms with Crippen molar-refractivity contribution in [1.82, 2.24) is 4.98 Å². The van der Waals surface area contributed by atoms with E-state index in [0.29, 0.717) is 6.20 Å². The first-order valence-corrected chi connectivity index (χ1v) is 5.63. The number of esters is 1. The Bertz CT molecular complexity index is 496. The molecule has 1 aromatic rings. The maximum atomic E-state index is 12.6. The van der Waals surface area contributed by atoms with Gasteiger partial charge in [0.15, 0.2) is 0 Å². The SMILES string of the molecule is COC(=O)Cc1ncc(C(F)F)c([N+](=O)[O-])c1I. The summed E-state index contributed by atoms with van der Waals surface area (Å²) in [4.78, 5) is 24.6. The zero-order valence-corrected chi connectivity index (χ0v) is 11.2. The number of ether oxygens (including phenoxy) is 1. The van der Waals surface area contributed by atoms with Crippen LogP contribution in [0.4, 0.5) is 14.5 Å². The van der Waals surface area contributed by atoms with Crippen LogP contribution in [-0.2, 0) is 16.0 Å². The van der Waals surface area contributed by atoms with Crippen LogP contribution in [0.25, 0.3) is 0 Å². The minimum absolute atomic E-state index is 0.0403. The van der Waals surface area contributed by atoms with Crippen LogP contribution < -0.4 is 0 Å². The van der Waals surface area contributed by atoms with Crippen molar-refractivity contribution in [3.8, 4) is 0 Å². The number of hydrogen-bond donors (Lipinski definition) is 0. The third-order valence-electron chi connectivity index (χ3n) is 2.05. The molecule has 0 spiro atoms. The van der Waals surface area contributed by atoms with E-state index in [9.17, 15) is 23.7 Å². The Hall–Kier alpha value is -1.39. The van der Waals surface area contributed by atoms with Gasteiger partial charge in [-0.2, -0.15) is 0 Å². The van der Waals surface area contributed by atoms with Gasteiger partial charge in [-0.15, -0.1) is 0 Å². The van der Waals surface area contributed by atoms with E-state index in [1.165, 1.54) is 22.6 Å². The maximum absolute atomic E-state index is 12.6. The number of methoxy groups -OCH3 is 1. The van der Waals surface area contributed by atoms with Gasteiger partial charge in [-0.3, -0.25) is 19.9 Å². The summed E-state index contributed by atoms with van der Waals surface area (Å²) in [5.41, 5.74) is -1.45. The van der Waals surface area contributed by atoms with Gasteiger partial charge in [0.05, 0.1) is 24.1 Å². The van der Waals surface area contributed by atoms with E-state index in [-0.39, 0.29) is 15.7 Å². The third kappa shape index (κ3) is 3.09. The van der Waals surface area contributed by atoms with Crippen molar-refractivity contribution in [2.24, 2.45) is 0 Å². The van der Waals surface area contributed by atoms with Crippen molar-refractivity contribution in [3.05, 3.63) is 31.1 Å². The molecule has 0 saturated heterocycles. The monoisotopic (exact) mass is 372 g/mol. The van der Waals surface area contributed by atoms with Crippen molar-refractivity contribution in [1.29, 1.82) is 0 Å². The summed E-state index contributed by atoms with van der Waals surface area (Å²) in [7, 11) is 1.15. The second-order valence-electron chi connectivity index (χ2n) is 3.13. The van der Waals surface area contributed by atoms with Crippen molar-refractivity contribution >= 4 is 34.2 Å². The van der Waals surface area contributed by atoms with Crippen LogP contribution >= 0.6 is 22.6 Å². The van der Waals surface area contributed by atoms with Crippen LogP contribution in [0.1, 0.15) is 17.7 Å². The molecule has 1 aromatic heterocycles. The predicted molar refractivity (Wildman–Crippen MR) is 64.3 cm³/mol. The molecule has 1 heterocycles. The molecule has 0 unspecified atom stereocenters. The molecule has 0 radical (unpaired) electrons. The van der Waals surface area contributed by atoms with Gasteiger partial charge in [0.25, 0.3) is 12.1 Å². The Balaban J connectivity index is 3.30. The van der Waals surface area contributed by atoms with Gasteiger partial charge in [-0.25, -0.2) is 8.78 Å². The van der Waals surface area contributed by atoms with Crippen molar-refractivity contribution in [2.75, 3.05) is 7.11 Å². The number of pyridine rings is 1. The van der Waals surface area contributed by atoms with Gasteiger partial charge < -0.3 is 4.74 Å². The van der Waals surface area contributed by atoms with Gasteiger partial charge in [-0.1, -0.05) is 0 Å². The molecule has 18 heavy (non-hydrogen) atoms. The molecule has 0 bridgehead atoms. The van der Waals surface area contributed by atoms with E-state index in [1.54, 1.807) is 0 Å². The summed E-state index contributed by atoms with van der Waals surface area (Å²) in [5, 5.41) is 10.8. The van der Waals surface area contributed by atoms with Crippen LogP contribution in [-0.4, -0.2) is 23.0 Å². The molecule has 0 amide bonds. The van der Waals surface area contributed by atoms with Crippen LogP contribution in [0.5, 0.6) is 0 Å². The van der Waals surface area contributed by atoms with Gasteiger partial charge in [0, 0.05) is 6.20 Å². The molecular weight excluding hydrogens is 365 g/mol. The molecule has 9 heteroatoms. The van der Waals surface area contributed by atoms with E-state index in [2.05, 4.69) is 9.72 Å². The topological polar surface area (TPSA) is 82.3 Å². The maximum Gasteiger partial charge on any atom is 0.311 e. The molecule has 0 aromatic carbocycles. The Morgan fingerprint density at radius 1 is 1.67 bits per heavy atom. The number of nitrogens with zero attached hydrogens (tertiary/aromatic N) is 2. The van der Waals surface area contributed by atoms with Crippen LogP contribution in [0.15, 0.2) is 6.20 Å². The quantitative estimate of drug-likeness (QED) is 0.351. The summed E-state index contributed by atoms with van der Waals surface area (Å²) in [6.45, 7) is 0. The van der Waals surface area contributed by atoms with Crippen LogP contribution in [0.3, 0.4) is 0 Å². The highest BCUT2D eigenvalue weighted by Crippen LogP contribution is 2.33. The highest BCUT2D eigenvalue weighted by atomic mass is 127. The highest BCUT2D eigenvalue weighted by Gasteiger charge is 2.28. The smallest absolute Gasteiger partial charge is 0.311 e. The van der Waals surface area contributed by atoms with Gasteiger partial charge >= 0.3 is 5.97 Å². The largest absolute Gasteiger partial charge is 0.469 e. The molecular formula is C9H7F2IN2O4. The molecule has 0 aliphatic rings. The predicted octanol–water partition coefficient (Wildman–Crippen LogP) is 2.25. The number of hydrogen-bond acceptors (Lipinski definition) is 5. The van der Waals surface area contributed by atoms with Crippen molar-refractivity contribution in [3.63, 3.8) is 0 Å². The first kappa shape index (κ1) is 14.7. The van der Waals surface area contributed by atoms with Gasteiger partial charge in [0.1, 0.15) is 9.13 Å². The van der Waals surface area contributed by atoms with E-state index in [0.717, 1.165) is 7.11 Å². The van der Waals surface area contributed by atoms with Crippen molar-refractivity contribution < 1.29 is 23.2 Å². The Labute approximate surface area is 114 Å².